The maximum atomic E-state index is 10.3. The highest BCUT2D eigenvalue weighted by molar-refractivity contribution is 6.32. The van der Waals surface area contributed by atoms with E-state index in [9.17, 15) is 5.11 Å². The number of nitrogens with two attached hydrogens (primary N) is 1. The number of phenolic OH excluding ortho intramolecular Hbond substituents is 1. The third kappa shape index (κ3) is 1.99. The van der Waals surface area contributed by atoms with Crippen LogP contribution in [0.15, 0.2) is 6.07 Å². The van der Waals surface area contributed by atoms with Gasteiger partial charge in [0.05, 0.1) is 19.2 Å². The van der Waals surface area contributed by atoms with Gasteiger partial charge in [0.15, 0.2) is 11.5 Å². The number of halogens is 1. The van der Waals surface area contributed by atoms with Gasteiger partial charge >= 0.3 is 0 Å². The molecule has 0 bridgehead atoms. The van der Waals surface area contributed by atoms with Gasteiger partial charge in [-0.25, -0.2) is 0 Å². The van der Waals surface area contributed by atoms with Crippen LogP contribution in [0, 0.1) is 0 Å². The molecular weight excluding hydrogens is 254 g/mol. The van der Waals surface area contributed by atoms with Crippen LogP contribution in [0.25, 0.3) is 0 Å². The number of aromatic hydroxyl groups is 1. The van der Waals surface area contributed by atoms with Crippen LogP contribution in [-0.2, 0) is 5.54 Å². The third-order valence-corrected chi connectivity index (χ3v) is 3.89. The number of benzene rings is 1. The number of hydrogen-bond donors (Lipinski definition) is 2. The van der Waals surface area contributed by atoms with Crippen LogP contribution in [0.3, 0.4) is 0 Å². The second-order valence-corrected chi connectivity index (χ2v) is 5.09. The van der Waals surface area contributed by atoms with E-state index in [1.807, 2.05) is 0 Å². The van der Waals surface area contributed by atoms with E-state index in [2.05, 4.69) is 0 Å². The van der Waals surface area contributed by atoms with Crippen LogP contribution in [0.5, 0.6) is 17.2 Å². The van der Waals surface area contributed by atoms with E-state index in [0.29, 0.717) is 16.3 Å². The van der Waals surface area contributed by atoms with Crippen molar-refractivity contribution < 1.29 is 14.6 Å². The number of phenols is 1. The highest BCUT2D eigenvalue weighted by Crippen LogP contribution is 2.50. The van der Waals surface area contributed by atoms with Crippen LogP contribution >= 0.6 is 11.6 Å². The van der Waals surface area contributed by atoms with Gasteiger partial charge in [-0.3, -0.25) is 0 Å². The average Bonchev–Trinajstić information content (AvgIpc) is 2.76. The Bertz CT molecular complexity index is 456. The van der Waals surface area contributed by atoms with Gasteiger partial charge < -0.3 is 20.3 Å². The van der Waals surface area contributed by atoms with E-state index in [-0.39, 0.29) is 11.5 Å². The Morgan fingerprint density at radius 1 is 1.28 bits per heavy atom. The fourth-order valence-electron chi connectivity index (χ4n) is 2.67. The Kier molecular flexibility index (Phi) is 3.59. The highest BCUT2D eigenvalue weighted by atomic mass is 35.5. The molecule has 1 aliphatic carbocycles. The summed E-state index contributed by atoms with van der Waals surface area (Å²) >= 11 is 6.24. The number of ether oxygens (including phenoxy) is 2. The lowest BCUT2D eigenvalue weighted by atomic mass is 9.88. The van der Waals surface area contributed by atoms with E-state index >= 15 is 0 Å². The van der Waals surface area contributed by atoms with Gasteiger partial charge in [0.25, 0.3) is 0 Å². The van der Waals surface area contributed by atoms with Gasteiger partial charge in [0.2, 0.25) is 5.75 Å². The number of rotatable bonds is 3. The molecule has 0 heterocycles. The maximum absolute atomic E-state index is 10.3. The maximum Gasteiger partial charge on any atom is 0.203 e. The zero-order valence-electron chi connectivity index (χ0n) is 10.6. The van der Waals surface area contributed by atoms with Gasteiger partial charge in [0.1, 0.15) is 0 Å². The molecule has 0 radical (unpaired) electrons. The first-order valence-electron chi connectivity index (χ1n) is 5.96. The average molecular weight is 272 g/mol. The van der Waals surface area contributed by atoms with Crippen molar-refractivity contribution in [2.45, 2.75) is 31.2 Å². The summed E-state index contributed by atoms with van der Waals surface area (Å²) in [5.41, 5.74) is 6.36. The van der Waals surface area contributed by atoms with Crippen LogP contribution in [-0.4, -0.2) is 19.3 Å². The second-order valence-electron chi connectivity index (χ2n) is 4.68. The Balaban J connectivity index is 2.60. The van der Waals surface area contributed by atoms with E-state index in [1.165, 1.54) is 14.2 Å². The Labute approximate surface area is 112 Å². The molecule has 1 aliphatic rings. The lowest BCUT2D eigenvalue weighted by Crippen LogP contribution is -2.33. The molecule has 4 nitrogen and oxygen atoms in total. The van der Waals surface area contributed by atoms with Crippen molar-refractivity contribution in [3.8, 4) is 17.2 Å². The first kappa shape index (κ1) is 13.3. The monoisotopic (exact) mass is 271 g/mol. The molecule has 1 saturated carbocycles. The molecule has 0 atom stereocenters. The third-order valence-electron chi connectivity index (χ3n) is 3.59. The summed E-state index contributed by atoms with van der Waals surface area (Å²) in [7, 11) is 2.98. The van der Waals surface area contributed by atoms with Gasteiger partial charge in [-0.05, 0) is 12.8 Å². The molecule has 0 saturated heterocycles. The van der Waals surface area contributed by atoms with Crippen molar-refractivity contribution in [2.75, 3.05) is 14.2 Å². The molecular formula is C13H18ClNO3. The SMILES string of the molecule is COc1cc(Cl)c(C2(N)CCCC2)c(O)c1OC. The lowest BCUT2D eigenvalue weighted by molar-refractivity contribution is 0.324. The summed E-state index contributed by atoms with van der Waals surface area (Å²) in [6.07, 6.45) is 3.72. The minimum atomic E-state index is -0.569. The van der Waals surface area contributed by atoms with Crippen LogP contribution in [0.4, 0.5) is 0 Å². The normalized spacial score (nSPS) is 17.8. The molecule has 0 unspecified atom stereocenters. The summed E-state index contributed by atoms with van der Waals surface area (Å²) in [5, 5.41) is 10.8. The van der Waals surface area contributed by atoms with Crippen molar-refractivity contribution >= 4 is 11.6 Å². The van der Waals surface area contributed by atoms with E-state index in [4.69, 9.17) is 26.8 Å². The van der Waals surface area contributed by atoms with E-state index in [0.717, 1.165) is 25.7 Å². The molecule has 1 aromatic carbocycles. The van der Waals surface area contributed by atoms with Crippen LogP contribution < -0.4 is 15.2 Å². The van der Waals surface area contributed by atoms with Crippen molar-refractivity contribution in [2.24, 2.45) is 5.73 Å². The fourth-order valence-corrected chi connectivity index (χ4v) is 3.05. The van der Waals surface area contributed by atoms with Gasteiger partial charge in [-0.2, -0.15) is 0 Å². The van der Waals surface area contributed by atoms with Crippen molar-refractivity contribution in [3.63, 3.8) is 0 Å². The Morgan fingerprint density at radius 2 is 1.89 bits per heavy atom. The molecule has 18 heavy (non-hydrogen) atoms. The lowest BCUT2D eigenvalue weighted by Gasteiger charge is -2.27. The first-order chi connectivity index (χ1) is 8.53. The first-order valence-corrected chi connectivity index (χ1v) is 6.34. The molecule has 0 spiro atoms. The van der Waals surface area contributed by atoms with Crippen LogP contribution in [0.1, 0.15) is 31.2 Å². The molecule has 5 heteroatoms. The molecule has 0 aliphatic heterocycles. The standard InChI is InChI=1S/C13H18ClNO3/c1-17-9-7-8(14)10(11(16)12(9)18-2)13(15)5-3-4-6-13/h7,16H,3-6,15H2,1-2H3. The zero-order chi connectivity index (χ0) is 13.3. The van der Waals surface area contributed by atoms with E-state index in [1.54, 1.807) is 6.07 Å². The highest BCUT2D eigenvalue weighted by Gasteiger charge is 2.37. The molecule has 2 rings (SSSR count). The molecule has 3 N–H and O–H groups in total. The fraction of sp³-hybridized carbons (Fsp3) is 0.538. The van der Waals surface area contributed by atoms with Crippen molar-refractivity contribution in [3.05, 3.63) is 16.7 Å². The number of hydrogen-bond acceptors (Lipinski definition) is 4. The second kappa shape index (κ2) is 4.86. The Morgan fingerprint density at radius 3 is 2.39 bits per heavy atom. The number of methoxy groups -OCH3 is 2. The summed E-state index contributed by atoms with van der Waals surface area (Å²) in [6, 6.07) is 1.64. The molecule has 0 amide bonds. The van der Waals surface area contributed by atoms with E-state index < -0.39 is 5.54 Å². The summed E-state index contributed by atoms with van der Waals surface area (Å²) in [6.45, 7) is 0. The topological polar surface area (TPSA) is 64.7 Å². The van der Waals surface area contributed by atoms with Gasteiger partial charge in [-0.15, -0.1) is 0 Å². The molecule has 1 fully saturated rings. The predicted octanol–water partition coefficient (Wildman–Crippen LogP) is 2.79. The largest absolute Gasteiger partial charge is 0.504 e. The summed E-state index contributed by atoms with van der Waals surface area (Å²) in [4.78, 5) is 0. The molecule has 100 valence electrons. The van der Waals surface area contributed by atoms with Crippen LogP contribution in [0.2, 0.25) is 5.02 Å². The minimum absolute atomic E-state index is 0.00810. The van der Waals surface area contributed by atoms with Gasteiger partial charge in [-0.1, -0.05) is 24.4 Å². The summed E-state index contributed by atoms with van der Waals surface area (Å²) in [5.74, 6) is 0.685. The summed E-state index contributed by atoms with van der Waals surface area (Å²) < 4.78 is 10.3. The zero-order valence-corrected chi connectivity index (χ0v) is 11.4. The molecule has 0 aromatic heterocycles. The van der Waals surface area contributed by atoms with Crippen molar-refractivity contribution in [1.29, 1.82) is 0 Å². The van der Waals surface area contributed by atoms with Crippen molar-refractivity contribution in [1.82, 2.24) is 0 Å². The molecule has 1 aromatic rings. The predicted molar refractivity (Wildman–Crippen MR) is 70.6 cm³/mol. The smallest absolute Gasteiger partial charge is 0.203 e. The van der Waals surface area contributed by atoms with Gasteiger partial charge in [0, 0.05) is 17.2 Å². The Hall–Kier alpha value is -1.13. The quantitative estimate of drug-likeness (QED) is 0.887. The minimum Gasteiger partial charge on any atom is -0.504 e.